The van der Waals surface area contributed by atoms with Crippen molar-refractivity contribution in [3.63, 3.8) is 0 Å². The SMILES string of the molecule is CC(C)(C)CCCN(CCCC(C)(C)C)CCCC(C)(C)C. The first-order valence-corrected chi connectivity index (χ1v) is 9.51. The Bertz CT molecular complexity index is 224. The second-order valence-electron chi connectivity index (χ2n) is 10.8. The Balaban J connectivity index is 4.19. The third-order valence-corrected chi connectivity index (χ3v) is 4.20. The van der Waals surface area contributed by atoms with E-state index < -0.39 is 0 Å². The fourth-order valence-corrected chi connectivity index (χ4v) is 2.83. The molecule has 0 saturated heterocycles. The van der Waals surface area contributed by atoms with Crippen LogP contribution in [0.25, 0.3) is 0 Å². The molecule has 0 N–H and O–H groups in total. The first-order chi connectivity index (χ1) is 9.79. The molecule has 0 aliphatic carbocycles. The Labute approximate surface area is 142 Å². The zero-order valence-electron chi connectivity index (χ0n) is 17.3. The number of nitrogens with zero attached hydrogens (tertiary/aromatic N) is 1. The van der Waals surface area contributed by atoms with Crippen LogP contribution in [0.5, 0.6) is 0 Å². The maximum absolute atomic E-state index is 2.73. The van der Waals surface area contributed by atoms with Gasteiger partial charge in [0.2, 0.25) is 0 Å². The molecule has 1 heteroatoms. The van der Waals surface area contributed by atoms with Crippen LogP contribution >= 0.6 is 0 Å². The molecule has 0 atom stereocenters. The maximum Gasteiger partial charge on any atom is -0.00185 e. The fraction of sp³-hybridized carbons (Fsp3) is 1.00. The average molecular weight is 312 g/mol. The van der Waals surface area contributed by atoms with Crippen molar-refractivity contribution in [2.24, 2.45) is 16.2 Å². The van der Waals surface area contributed by atoms with Crippen LogP contribution < -0.4 is 0 Å². The van der Waals surface area contributed by atoms with Gasteiger partial charge in [-0.1, -0.05) is 62.3 Å². The van der Waals surface area contributed by atoms with E-state index in [4.69, 9.17) is 0 Å². The quantitative estimate of drug-likeness (QED) is 0.454. The van der Waals surface area contributed by atoms with Crippen molar-refractivity contribution in [1.29, 1.82) is 0 Å². The van der Waals surface area contributed by atoms with Crippen LogP contribution in [0, 0.1) is 16.2 Å². The molecule has 0 fully saturated rings. The molecule has 0 unspecified atom stereocenters. The molecule has 0 spiro atoms. The van der Waals surface area contributed by atoms with E-state index in [2.05, 4.69) is 67.2 Å². The molecular formula is C21H45N. The summed E-state index contributed by atoms with van der Waals surface area (Å²) in [5.41, 5.74) is 1.42. The number of hydrogen-bond acceptors (Lipinski definition) is 1. The Morgan fingerprint density at radius 1 is 0.455 bits per heavy atom. The predicted molar refractivity (Wildman–Crippen MR) is 103 cm³/mol. The maximum atomic E-state index is 2.73. The summed E-state index contributed by atoms with van der Waals surface area (Å²) in [4.78, 5) is 2.73. The Morgan fingerprint density at radius 3 is 0.864 bits per heavy atom. The van der Waals surface area contributed by atoms with Gasteiger partial charge in [0.1, 0.15) is 0 Å². The van der Waals surface area contributed by atoms with E-state index in [9.17, 15) is 0 Å². The second kappa shape index (κ2) is 9.30. The molecule has 0 rings (SSSR count). The van der Waals surface area contributed by atoms with Gasteiger partial charge in [0.25, 0.3) is 0 Å². The Kier molecular flexibility index (Phi) is 9.29. The number of rotatable bonds is 9. The molecule has 134 valence electrons. The topological polar surface area (TPSA) is 3.24 Å². The molecule has 0 aliphatic heterocycles. The normalized spacial score (nSPS) is 13.9. The zero-order valence-corrected chi connectivity index (χ0v) is 17.3. The van der Waals surface area contributed by atoms with Gasteiger partial charge in [-0.3, -0.25) is 0 Å². The third kappa shape index (κ3) is 16.3. The first kappa shape index (κ1) is 22.0. The minimum atomic E-state index is 0.475. The molecule has 22 heavy (non-hydrogen) atoms. The molecule has 0 aromatic carbocycles. The van der Waals surface area contributed by atoms with Gasteiger partial charge in [0.15, 0.2) is 0 Å². The van der Waals surface area contributed by atoms with E-state index in [0.29, 0.717) is 16.2 Å². The molecule has 0 bridgehead atoms. The Morgan fingerprint density at radius 2 is 0.682 bits per heavy atom. The molecule has 0 heterocycles. The lowest BCUT2D eigenvalue weighted by Crippen LogP contribution is -2.29. The smallest absolute Gasteiger partial charge is 0.00185 e. The van der Waals surface area contributed by atoms with Crippen molar-refractivity contribution >= 4 is 0 Å². The summed E-state index contributed by atoms with van der Waals surface area (Å²) >= 11 is 0. The zero-order chi connectivity index (χ0) is 17.4. The summed E-state index contributed by atoms with van der Waals surface area (Å²) in [6, 6.07) is 0. The standard InChI is InChI=1S/C21H45N/c1-19(2,3)13-10-16-22(17-11-14-20(4,5)6)18-12-15-21(7,8)9/h10-18H2,1-9H3. The van der Waals surface area contributed by atoms with Crippen LogP contribution in [0.15, 0.2) is 0 Å². The second-order valence-corrected chi connectivity index (χ2v) is 10.8. The average Bonchev–Trinajstić information content (AvgIpc) is 2.23. The van der Waals surface area contributed by atoms with E-state index in [1.165, 1.54) is 58.2 Å². The highest BCUT2D eigenvalue weighted by Gasteiger charge is 2.15. The van der Waals surface area contributed by atoms with E-state index in [1.807, 2.05) is 0 Å². The highest BCUT2D eigenvalue weighted by Crippen LogP contribution is 2.24. The summed E-state index contributed by atoms with van der Waals surface area (Å²) in [5, 5.41) is 0. The first-order valence-electron chi connectivity index (χ1n) is 9.51. The minimum absolute atomic E-state index is 0.475. The van der Waals surface area contributed by atoms with Crippen LogP contribution in [0.3, 0.4) is 0 Å². The van der Waals surface area contributed by atoms with Gasteiger partial charge >= 0.3 is 0 Å². The van der Waals surface area contributed by atoms with E-state index in [0.717, 1.165) is 0 Å². The molecule has 0 radical (unpaired) electrons. The highest BCUT2D eigenvalue weighted by atomic mass is 15.1. The fourth-order valence-electron chi connectivity index (χ4n) is 2.83. The molecule has 0 aliphatic rings. The van der Waals surface area contributed by atoms with Crippen LogP contribution in [0.2, 0.25) is 0 Å². The molecular weight excluding hydrogens is 266 g/mol. The van der Waals surface area contributed by atoms with Gasteiger partial charge in [0, 0.05) is 0 Å². The molecule has 0 saturated carbocycles. The van der Waals surface area contributed by atoms with Crippen molar-refractivity contribution < 1.29 is 0 Å². The Hall–Kier alpha value is -0.0400. The monoisotopic (exact) mass is 311 g/mol. The van der Waals surface area contributed by atoms with E-state index in [1.54, 1.807) is 0 Å². The van der Waals surface area contributed by atoms with Crippen LogP contribution in [0.1, 0.15) is 101 Å². The molecule has 0 aromatic rings. The summed E-state index contributed by atoms with van der Waals surface area (Å²) in [6.45, 7) is 25.1. The minimum Gasteiger partial charge on any atom is -0.303 e. The van der Waals surface area contributed by atoms with Gasteiger partial charge in [-0.15, -0.1) is 0 Å². The van der Waals surface area contributed by atoms with Crippen molar-refractivity contribution in [2.75, 3.05) is 19.6 Å². The summed E-state index contributed by atoms with van der Waals surface area (Å²) < 4.78 is 0. The number of hydrogen-bond donors (Lipinski definition) is 0. The highest BCUT2D eigenvalue weighted by molar-refractivity contribution is 4.69. The van der Waals surface area contributed by atoms with Crippen LogP contribution in [-0.4, -0.2) is 24.5 Å². The van der Waals surface area contributed by atoms with E-state index in [-0.39, 0.29) is 0 Å². The summed E-state index contributed by atoms with van der Waals surface area (Å²) in [5.74, 6) is 0. The van der Waals surface area contributed by atoms with Gasteiger partial charge in [0.05, 0.1) is 0 Å². The van der Waals surface area contributed by atoms with Gasteiger partial charge in [-0.05, 0) is 74.4 Å². The van der Waals surface area contributed by atoms with E-state index >= 15 is 0 Å². The van der Waals surface area contributed by atoms with Crippen LogP contribution in [0.4, 0.5) is 0 Å². The van der Waals surface area contributed by atoms with Crippen LogP contribution in [-0.2, 0) is 0 Å². The lowest BCUT2D eigenvalue weighted by Gasteiger charge is -2.27. The molecule has 1 nitrogen and oxygen atoms in total. The lowest BCUT2D eigenvalue weighted by atomic mass is 9.89. The summed E-state index contributed by atoms with van der Waals surface area (Å²) in [6.07, 6.45) is 8.03. The van der Waals surface area contributed by atoms with Gasteiger partial charge in [-0.25, -0.2) is 0 Å². The third-order valence-electron chi connectivity index (χ3n) is 4.20. The molecule has 0 amide bonds. The van der Waals surface area contributed by atoms with Gasteiger partial charge in [-0.2, -0.15) is 0 Å². The predicted octanol–water partition coefficient (Wildman–Crippen LogP) is 6.77. The largest absolute Gasteiger partial charge is 0.303 e. The van der Waals surface area contributed by atoms with Crippen molar-refractivity contribution in [1.82, 2.24) is 4.90 Å². The van der Waals surface area contributed by atoms with Crippen molar-refractivity contribution in [3.05, 3.63) is 0 Å². The van der Waals surface area contributed by atoms with Gasteiger partial charge < -0.3 is 4.90 Å². The lowest BCUT2D eigenvalue weighted by molar-refractivity contribution is 0.216. The summed E-state index contributed by atoms with van der Waals surface area (Å²) in [7, 11) is 0. The van der Waals surface area contributed by atoms with Crippen molar-refractivity contribution in [3.8, 4) is 0 Å². The van der Waals surface area contributed by atoms with Crippen molar-refractivity contribution in [2.45, 2.75) is 101 Å². The molecule has 0 aromatic heterocycles.